The van der Waals surface area contributed by atoms with Crippen molar-refractivity contribution < 1.29 is 9.59 Å². The van der Waals surface area contributed by atoms with Gasteiger partial charge in [0.05, 0.1) is 5.75 Å². The van der Waals surface area contributed by atoms with Crippen LogP contribution in [0.15, 0.2) is 22.5 Å². The predicted molar refractivity (Wildman–Crippen MR) is 125 cm³/mol. The molecule has 9 heteroatoms. The van der Waals surface area contributed by atoms with Crippen LogP contribution in [0.4, 0.5) is 5.13 Å². The number of amides is 2. The summed E-state index contributed by atoms with van der Waals surface area (Å²) in [5, 5.41) is 12.5. The van der Waals surface area contributed by atoms with E-state index in [1.54, 1.807) is 0 Å². The monoisotopic (exact) mass is 459 g/mol. The highest BCUT2D eigenvalue weighted by atomic mass is 32.2. The molecule has 1 aromatic heterocycles. The van der Waals surface area contributed by atoms with Crippen LogP contribution in [-0.4, -0.2) is 64.9 Å². The third-order valence-electron chi connectivity index (χ3n) is 6.03. The largest absolute Gasteiger partial charge is 0.353 e. The summed E-state index contributed by atoms with van der Waals surface area (Å²) in [6, 6.07) is 6.24. The van der Waals surface area contributed by atoms with Crippen LogP contribution in [0.5, 0.6) is 0 Å². The molecule has 1 N–H and O–H groups in total. The van der Waals surface area contributed by atoms with Gasteiger partial charge in [-0.15, -0.1) is 10.2 Å². The highest BCUT2D eigenvalue weighted by Crippen LogP contribution is 2.29. The first-order chi connectivity index (χ1) is 15.0. The molecule has 2 aliphatic rings. The molecule has 1 aliphatic carbocycles. The first-order valence-corrected chi connectivity index (χ1v) is 12.7. The molecular weight excluding hydrogens is 430 g/mol. The summed E-state index contributed by atoms with van der Waals surface area (Å²) in [6.45, 7) is 6.89. The zero-order valence-corrected chi connectivity index (χ0v) is 19.7. The maximum absolute atomic E-state index is 12.8. The van der Waals surface area contributed by atoms with Gasteiger partial charge in [0.2, 0.25) is 11.0 Å². The molecule has 1 aliphatic heterocycles. The van der Waals surface area contributed by atoms with Gasteiger partial charge in [0.25, 0.3) is 5.91 Å². The van der Waals surface area contributed by atoms with Crippen molar-refractivity contribution in [2.24, 2.45) is 0 Å². The fraction of sp³-hybridized carbons (Fsp3) is 0.545. The smallest absolute Gasteiger partial charge is 0.253 e. The number of anilines is 1. The zero-order chi connectivity index (χ0) is 21.8. The van der Waals surface area contributed by atoms with E-state index in [-0.39, 0.29) is 11.8 Å². The van der Waals surface area contributed by atoms with Crippen LogP contribution < -0.4 is 10.2 Å². The van der Waals surface area contributed by atoms with Crippen LogP contribution in [0.3, 0.4) is 0 Å². The fourth-order valence-electron chi connectivity index (χ4n) is 4.01. The second-order valence-electron chi connectivity index (χ2n) is 8.27. The average Bonchev–Trinajstić information content (AvgIpc) is 3.46. The Kier molecular flexibility index (Phi) is 7.12. The molecule has 7 nitrogen and oxygen atoms in total. The topological polar surface area (TPSA) is 78.4 Å². The molecule has 1 aromatic carbocycles. The third-order valence-corrected chi connectivity index (χ3v) is 8.15. The maximum atomic E-state index is 12.8. The number of aromatic nitrogens is 2. The molecule has 1 saturated carbocycles. The molecule has 4 rings (SSSR count). The van der Waals surface area contributed by atoms with Gasteiger partial charge in [0.15, 0.2) is 4.34 Å². The lowest BCUT2D eigenvalue weighted by Crippen LogP contribution is -2.48. The summed E-state index contributed by atoms with van der Waals surface area (Å²) >= 11 is 2.96. The van der Waals surface area contributed by atoms with Gasteiger partial charge in [-0.1, -0.05) is 42.0 Å². The van der Waals surface area contributed by atoms with E-state index >= 15 is 0 Å². The van der Waals surface area contributed by atoms with E-state index in [2.05, 4.69) is 27.3 Å². The Hall–Kier alpha value is -2.13. The van der Waals surface area contributed by atoms with E-state index in [1.165, 1.54) is 41.5 Å². The number of hydrogen-bond donors (Lipinski definition) is 1. The molecule has 0 atom stereocenters. The lowest BCUT2D eigenvalue weighted by atomic mass is 10.1. The van der Waals surface area contributed by atoms with Gasteiger partial charge in [-0.25, -0.2) is 0 Å². The van der Waals surface area contributed by atoms with Crippen molar-refractivity contribution in [3.05, 3.63) is 34.9 Å². The Balaban J connectivity index is 1.25. The van der Waals surface area contributed by atoms with Gasteiger partial charge in [0.1, 0.15) is 0 Å². The summed E-state index contributed by atoms with van der Waals surface area (Å²) in [5.41, 5.74) is 3.09. The number of nitrogens with zero attached hydrogens (tertiary/aromatic N) is 4. The van der Waals surface area contributed by atoms with Crippen LogP contribution in [-0.2, 0) is 4.79 Å². The lowest BCUT2D eigenvalue weighted by Gasteiger charge is -2.34. The van der Waals surface area contributed by atoms with E-state index in [1.807, 2.05) is 30.0 Å². The highest BCUT2D eigenvalue weighted by Gasteiger charge is 2.25. The van der Waals surface area contributed by atoms with Gasteiger partial charge < -0.3 is 15.1 Å². The van der Waals surface area contributed by atoms with Crippen LogP contribution in [0.1, 0.15) is 47.2 Å². The first-order valence-electron chi connectivity index (χ1n) is 10.9. The van der Waals surface area contributed by atoms with E-state index < -0.39 is 0 Å². The molecule has 1 saturated heterocycles. The minimum absolute atomic E-state index is 0.0760. The first kappa shape index (κ1) is 22.1. The minimum atomic E-state index is 0.0760. The van der Waals surface area contributed by atoms with E-state index in [0.717, 1.165) is 46.5 Å². The molecule has 2 fully saturated rings. The molecular formula is C22H29N5O2S2. The van der Waals surface area contributed by atoms with E-state index in [9.17, 15) is 9.59 Å². The summed E-state index contributed by atoms with van der Waals surface area (Å²) in [7, 11) is 0. The molecule has 166 valence electrons. The van der Waals surface area contributed by atoms with Crippen LogP contribution in [0.25, 0.3) is 0 Å². The van der Waals surface area contributed by atoms with E-state index in [4.69, 9.17) is 0 Å². The summed E-state index contributed by atoms with van der Waals surface area (Å²) in [5.74, 6) is 0.542. The van der Waals surface area contributed by atoms with Crippen molar-refractivity contribution in [3.63, 3.8) is 0 Å². The van der Waals surface area contributed by atoms with Crippen molar-refractivity contribution in [2.45, 2.75) is 49.9 Å². The van der Waals surface area contributed by atoms with Crippen molar-refractivity contribution in [1.29, 1.82) is 0 Å². The molecule has 2 heterocycles. The third kappa shape index (κ3) is 5.57. The number of carbonyl (C=O) groups is 2. The molecule has 0 bridgehead atoms. The van der Waals surface area contributed by atoms with Crippen LogP contribution >= 0.6 is 23.1 Å². The Labute approximate surface area is 191 Å². The summed E-state index contributed by atoms with van der Waals surface area (Å²) in [4.78, 5) is 29.0. The van der Waals surface area contributed by atoms with E-state index in [0.29, 0.717) is 24.9 Å². The Bertz CT molecular complexity index is 934. The Morgan fingerprint density at radius 3 is 2.55 bits per heavy atom. The van der Waals surface area contributed by atoms with Crippen molar-refractivity contribution in [1.82, 2.24) is 20.4 Å². The number of benzene rings is 1. The highest BCUT2D eigenvalue weighted by molar-refractivity contribution is 8.01. The standard InChI is InChI=1S/C22H29N5O2S2/c1-15-7-8-17(13-16(15)2)20(29)26-9-11-27(12-10-26)21-24-25-22(31-21)30-14-19(28)23-18-5-3-4-6-18/h7-8,13,18H,3-6,9-12,14H2,1-2H3,(H,23,28). The quantitative estimate of drug-likeness (QED) is 0.668. The molecule has 2 amide bonds. The second kappa shape index (κ2) is 9.99. The number of hydrogen-bond acceptors (Lipinski definition) is 7. The SMILES string of the molecule is Cc1ccc(C(=O)N2CCN(c3nnc(SCC(=O)NC4CCCC4)s3)CC2)cc1C. The fourth-order valence-corrected chi connectivity index (χ4v) is 5.72. The van der Waals surface area contributed by atoms with Gasteiger partial charge in [-0.05, 0) is 49.9 Å². The van der Waals surface area contributed by atoms with Gasteiger partial charge in [-0.2, -0.15) is 0 Å². The second-order valence-corrected chi connectivity index (χ2v) is 10.4. The molecule has 0 spiro atoms. The van der Waals surface area contributed by atoms with Crippen LogP contribution in [0.2, 0.25) is 0 Å². The average molecular weight is 460 g/mol. The zero-order valence-electron chi connectivity index (χ0n) is 18.1. The van der Waals surface area contributed by atoms with Crippen molar-refractivity contribution >= 4 is 40.0 Å². The predicted octanol–water partition coefficient (Wildman–Crippen LogP) is 3.27. The number of aryl methyl sites for hydroxylation is 2. The summed E-state index contributed by atoms with van der Waals surface area (Å²) < 4.78 is 0.810. The van der Waals surface area contributed by atoms with Gasteiger partial charge in [0, 0.05) is 37.8 Å². The van der Waals surface area contributed by atoms with Gasteiger partial charge >= 0.3 is 0 Å². The molecule has 0 radical (unpaired) electrons. The number of thioether (sulfide) groups is 1. The molecule has 31 heavy (non-hydrogen) atoms. The number of nitrogens with one attached hydrogen (secondary N) is 1. The number of rotatable bonds is 6. The number of carbonyl (C=O) groups excluding carboxylic acids is 2. The molecule has 0 unspecified atom stereocenters. The van der Waals surface area contributed by atoms with Crippen LogP contribution in [0, 0.1) is 13.8 Å². The number of piperazine rings is 1. The lowest BCUT2D eigenvalue weighted by molar-refractivity contribution is -0.119. The Morgan fingerprint density at radius 1 is 1.10 bits per heavy atom. The van der Waals surface area contributed by atoms with Crippen molar-refractivity contribution in [3.8, 4) is 0 Å². The molecule has 2 aromatic rings. The minimum Gasteiger partial charge on any atom is -0.353 e. The van der Waals surface area contributed by atoms with Gasteiger partial charge in [-0.3, -0.25) is 9.59 Å². The normalized spacial score (nSPS) is 17.2. The Morgan fingerprint density at radius 2 is 1.84 bits per heavy atom. The van der Waals surface area contributed by atoms with Crippen molar-refractivity contribution in [2.75, 3.05) is 36.8 Å². The maximum Gasteiger partial charge on any atom is 0.253 e. The summed E-state index contributed by atoms with van der Waals surface area (Å²) in [6.07, 6.45) is 4.61.